The number of Topliss-reactive ketones (excluding diaryl/α,β-unsaturated/α-hetero) is 1. The molecule has 0 bridgehead atoms. The van der Waals surface area contributed by atoms with Crippen LogP contribution in [0.2, 0.25) is 0 Å². The maximum Gasteiger partial charge on any atom is 0.172 e. The number of hydrogen-bond acceptors (Lipinski definition) is 2. The molecule has 96 valence electrons. The van der Waals surface area contributed by atoms with Crippen LogP contribution in [0.4, 0.5) is 4.39 Å². The van der Waals surface area contributed by atoms with Gasteiger partial charge in [0.1, 0.15) is 11.6 Å². The molecular weight excluding hydrogens is 243 g/mol. The van der Waals surface area contributed by atoms with Crippen LogP contribution in [-0.4, -0.2) is 12.4 Å². The van der Waals surface area contributed by atoms with Gasteiger partial charge < -0.3 is 4.74 Å². The summed E-state index contributed by atoms with van der Waals surface area (Å²) in [6, 6.07) is 13.7. The third-order valence-corrected chi connectivity index (χ3v) is 3.39. The van der Waals surface area contributed by atoms with Gasteiger partial charge in [-0.2, -0.15) is 0 Å². The summed E-state index contributed by atoms with van der Waals surface area (Å²) in [6.45, 7) is 0.310. The van der Waals surface area contributed by atoms with E-state index in [4.69, 9.17) is 4.74 Å². The molecule has 0 N–H and O–H groups in total. The summed E-state index contributed by atoms with van der Waals surface area (Å²) in [4.78, 5) is 12.3. The zero-order valence-corrected chi connectivity index (χ0v) is 10.3. The fourth-order valence-corrected chi connectivity index (χ4v) is 2.38. The Hall–Kier alpha value is -2.16. The van der Waals surface area contributed by atoms with Crippen LogP contribution in [0.1, 0.15) is 15.9 Å². The van der Waals surface area contributed by atoms with E-state index in [0.717, 1.165) is 11.3 Å². The Bertz CT molecular complexity index is 622. The topological polar surface area (TPSA) is 26.3 Å². The number of fused-ring (bicyclic) bond motifs is 1. The Kier molecular flexibility index (Phi) is 3.03. The normalized spacial score (nSPS) is 17.4. The Labute approximate surface area is 110 Å². The van der Waals surface area contributed by atoms with E-state index in [9.17, 15) is 9.18 Å². The summed E-state index contributed by atoms with van der Waals surface area (Å²) >= 11 is 0. The fraction of sp³-hybridized carbons (Fsp3) is 0.188. The Balaban J connectivity index is 1.86. The Morgan fingerprint density at radius 3 is 2.68 bits per heavy atom. The molecule has 0 spiro atoms. The second-order valence-electron chi connectivity index (χ2n) is 4.66. The number of carbonyl (C=O) groups excluding carboxylic acids is 1. The number of rotatable bonds is 2. The van der Waals surface area contributed by atoms with E-state index in [0.29, 0.717) is 13.0 Å². The lowest BCUT2D eigenvalue weighted by Gasteiger charge is -2.24. The van der Waals surface area contributed by atoms with Gasteiger partial charge in [-0.25, -0.2) is 4.39 Å². The molecule has 0 saturated heterocycles. The van der Waals surface area contributed by atoms with Crippen molar-refractivity contribution in [1.29, 1.82) is 0 Å². The average Bonchev–Trinajstić information content (AvgIpc) is 2.46. The number of hydrogen-bond donors (Lipinski definition) is 0. The SMILES string of the molecule is O=C(c1ccccc1F)C1COc2ccccc2C1. The van der Waals surface area contributed by atoms with Gasteiger partial charge in [-0.3, -0.25) is 4.79 Å². The highest BCUT2D eigenvalue weighted by molar-refractivity contribution is 5.98. The number of carbonyl (C=O) groups is 1. The first-order chi connectivity index (χ1) is 9.25. The van der Waals surface area contributed by atoms with Crippen LogP contribution in [0.3, 0.4) is 0 Å². The molecule has 0 fully saturated rings. The average molecular weight is 256 g/mol. The second-order valence-corrected chi connectivity index (χ2v) is 4.66. The van der Waals surface area contributed by atoms with Crippen molar-refractivity contribution in [2.75, 3.05) is 6.61 Å². The van der Waals surface area contributed by atoms with Crippen molar-refractivity contribution in [2.45, 2.75) is 6.42 Å². The van der Waals surface area contributed by atoms with Gasteiger partial charge in [0.25, 0.3) is 0 Å². The summed E-state index contributed by atoms with van der Waals surface area (Å²) < 4.78 is 19.2. The highest BCUT2D eigenvalue weighted by Gasteiger charge is 2.27. The summed E-state index contributed by atoms with van der Waals surface area (Å²) in [5.41, 5.74) is 1.15. The zero-order chi connectivity index (χ0) is 13.2. The van der Waals surface area contributed by atoms with Crippen LogP contribution < -0.4 is 4.74 Å². The van der Waals surface area contributed by atoms with Gasteiger partial charge in [0.2, 0.25) is 0 Å². The highest BCUT2D eigenvalue weighted by Crippen LogP contribution is 2.28. The molecule has 2 nitrogen and oxygen atoms in total. The number of para-hydroxylation sites is 1. The van der Waals surface area contributed by atoms with Crippen LogP contribution in [0.15, 0.2) is 48.5 Å². The van der Waals surface area contributed by atoms with Crippen molar-refractivity contribution < 1.29 is 13.9 Å². The molecule has 0 saturated carbocycles. The highest BCUT2D eigenvalue weighted by atomic mass is 19.1. The van der Waals surface area contributed by atoms with Crippen molar-refractivity contribution in [3.8, 4) is 5.75 Å². The van der Waals surface area contributed by atoms with Gasteiger partial charge in [0.05, 0.1) is 18.1 Å². The molecule has 1 atom stereocenters. The number of halogens is 1. The second kappa shape index (κ2) is 4.84. The van der Waals surface area contributed by atoms with Gasteiger partial charge >= 0.3 is 0 Å². The van der Waals surface area contributed by atoms with Gasteiger partial charge in [-0.05, 0) is 30.2 Å². The van der Waals surface area contributed by atoms with Crippen LogP contribution in [0.25, 0.3) is 0 Å². The molecule has 2 aromatic rings. The molecular formula is C16H13FO2. The van der Waals surface area contributed by atoms with E-state index in [2.05, 4.69) is 0 Å². The first-order valence-corrected chi connectivity index (χ1v) is 6.25. The molecule has 0 aliphatic carbocycles. The predicted octanol–water partition coefficient (Wildman–Crippen LogP) is 3.26. The fourth-order valence-electron chi connectivity index (χ4n) is 2.38. The molecule has 3 heteroatoms. The molecule has 1 unspecified atom stereocenters. The molecule has 3 rings (SSSR count). The third kappa shape index (κ3) is 2.24. The van der Waals surface area contributed by atoms with Crippen LogP contribution in [0, 0.1) is 11.7 Å². The van der Waals surface area contributed by atoms with Gasteiger partial charge in [-0.15, -0.1) is 0 Å². The van der Waals surface area contributed by atoms with E-state index < -0.39 is 5.82 Å². The largest absolute Gasteiger partial charge is 0.493 e. The summed E-state index contributed by atoms with van der Waals surface area (Å²) in [7, 11) is 0. The molecule has 1 heterocycles. The number of benzene rings is 2. The molecule has 2 aromatic carbocycles. The van der Waals surface area contributed by atoms with Crippen LogP contribution in [-0.2, 0) is 6.42 Å². The quantitative estimate of drug-likeness (QED) is 0.771. The van der Waals surface area contributed by atoms with Crippen molar-refractivity contribution in [3.63, 3.8) is 0 Å². The number of ketones is 1. The third-order valence-electron chi connectivity index (χ3n) is 3.39. The van der Waals surface area contributed by atoms with Gasteiger partial charge in [-0.1, -0.05) is 30.3 Å². The molecule has 1 aliphatic heterocycles. The monoisotopic (exact) mass is 256 g/mol. The summed E-state index contributed by atoms with van der Waals surface area (Å²) in [5, 5.41) is 0. The van der Waals surface area contributed by atoms with Gasteiger partial charge in [0.15, 0.2) is 5.78 Å². The lowest BCUT2D eigenvalue weighted by molar-refractivity contribution is 0.0851. The number of ether oxygens (including phenoxy) is 1. The minimum atomic E-state index is -0.466. The van der Waals surface area contributed by atoms with Crippen molar-refractivity contribution >= 4 is 5.78 Å². The van der Waals surface area contributed by atoms with E-state index in [-0.39, 0.29) is 17.3 Å². The molecule has 0 radical (unpaired) electrons. The van der Waals surface area contributed by atoms with Gasteiger partial charge in [0, 0.05) is 0 Å². The predicted molar refractivity (Wildman–Crippen MR) is 69.9 cm³/mol. The first kappa shape index (κ1) is 11.9. The smallest absolute Gasteiger partial charge is 0.172 e. The standard InChI is InChI=1S/C16H13FO2/c17-14-7-3-2-6-13(14)16(18)12-9-11-5-1-4-8-15(11)19-10-12/h1-8,12H,9-10H2. The molecule has 0 amide bonds. The van der Waals surface area contributed by atoms with Crippen LogP contribution >= 0.6 is 0 Å². The van der Waals surface area contributed by atoms with E-state index in [1.807, 2.05) is 24.3 Å². The van der Waals surface area contributed by atoms with Crippen LogP contribution in [0.5, 0.6) is 5.75 Å². The Morgan fingerprint density at radius 1 is 1.11 bits per heavy atom. The minimum Gasteiger partial charge on any atom is -0.493 e. The van der Waals surface area contributed by atoms with Crippen molar-refractivity contribution in [3.05, 3.63) is 65.5 Å². The first-order valence-electron chi connectivity index (χ1n) is 6.25. The maximum absolute atomic E-state index is 13.6. The van der Waals surface area contributed by atoms with Crippen molar-refractivity contribution in [1.82, 2.24) is 0 Å². The minimum absolute atomic E-state index is 0.149. The maximum atomic E-state index is 13.6. The zero-order valence-electron chi connectivity index (χ0n) is 10.3. The van der Waals surface area contributed by atoms with Crippen molar-refractivity contribution in [2.24, 2.45) is 5.92 Å². The summed E-state index contributed by atoms with van der Waals surface area (Å²) in [5.74, 6) is -0.147. The van der Waals surface area contributed by atoms with E-state index >= 15 is 0 Å². The Morgan fingerprint density at radius 2 is 1.84 bits per heavy atom. The summed E-state index contributed by atoms with van der Waals surface area (Å²) in [6.07, 6.45) is 0.601. The van der Waals surface area contributed by atoms with E-state index in [1.165, 1.54) is 12.1 Å². The molecule has 0 aromatic heterocycles. The lowest BCUT2D eigenvalue weighted by Crippen LogP contribution is -2.28. The molecule has 19 heavy (non-hydrogen) atoms. The lowest BCUT2D eigenvalue weighted by atomic mass is 9.89. The molecule has 1 aliphatic rings. The van der Waals surface area contributed by atoms with E-state index in [1.54, 1.807) is 12.1 Å².